The molecule has 4 aromatic rings. The van der Waals surface area contributed by atoms with Crippen molar-refractivity contribution in [1.82, 2.24) is 0 Å². The SMILES string of the molecule is CCCOc1ccc(C2c3c(oc4ccc(Cl)cc4c3=O)C(=O)N2c2ccc(C)c(C)c2)cc1OCC. The van der Waals surface area contributed by atoms with E-state index in [1.54, 1.807) is 23.1 Å². The average Bonchev–Trinajstić information content (AvgIpc) is 3.18. The van der Waals surface area contributed by atoms with E-state index in [0.29, 0.717) is 52.0 Å². The van der Waals surface area contributed by atoms with E-state index in [1.807, 2.05) is 64.1 Å². The Balaban J connectivity index is 1.76. The third kappa shape index (κ3) is 4.36. The number of hydrogen-bond donors (Lipinski definition) is 0. The second kappa shape index (κ2) is 9.94. The highest BCUT2D eigenvalue weighted by Crippen LogP contribution is 2.43. The second-order valence-electron chi connectivity index (χ2n) is 9.15. The summed E-state index contributed by atoms with van der Waals surface area (Å²) >= 11 is 6.21. The third-order valence-electron chi connectivity index (χ3n) is 6.65. The van der Waals surface area contributed by atoms with E-state index in [-0.39, 0.29) is 22.7 Å². The van der Waals surface area contributed by atoms with Crippen LogP contribution in [0.15, 0.2) is 63.8 Å². The second-order valence-corrected chi connectivity index (χ2v) is 9.58. The van der Waals surface area contributed by atoms with Crippen LogP contribution >= 0.6 is 11.6 Å². The maximum Gasteiger partial charge on any atom is 0.295 e. The molecule has 0 N–H and O–H groups in total. The quantitative estimate of drug-likeness (QED) is 0.264. The van der Waals surface area contributed by atoms with Gasteiger partial charge in [0.15, 0.2) is 16.9 Å². The van der Waals surface area contributed by atoms with Crippen molar-refractivity contribution in [3.05, 3.63) is 97.9 Å². The molecule has 2 heterocycles. The molecule has 5 rings (SSSR count). The van der Waals surface area contributed by atoms with Crippen LogP contribution in [0, 0.1) is 13.8 Å². The summed E-state index contributed by atoms with van der Waals surface area (Å²) in [5.74, 6) is 0.837. The van der Waals surface area contributed by atoms with Gasteiger partial charge in [0.2, 0.25) is 5.76 Å². The van der Waals surface area contributed by atoms with E-state index < -0.39 is 6.04 Å². The molecule has 1 atom stereocenters. The highest BCUT2D eigenvalue weighted by Gasteiger charge is 2.44. The van der Waals surface area contributed by atoms with E-state index in [1.165, 1.54) is 0 Å². The first kappa shape index (κ1) is 24.9. The van der Waals surface area contributed by atoms with E-state index in [2.05, 4.69) is 0 Å². The van der Waals surface area contributed by atoms with Gasteiger partial charge in [-0.25, -0.2) is 0 Å². The molecule has 0 saturated carbocycles. The van der Waals surface area contributed by atoms with Crippen molar-refractivity contribution in [2.75, 3.05) is 18.1 Å². The first-order valence-electron chi connectivity index (χ1n) is 12.4. The van der Waals surface area contributed by atoms with E-state index in [4.69, 9.17) is 25.5 Å². The molecular weight excluding hydrogens is 490 g/mol. The van der Waals surface area contributed by atoms with Gasteiger partial charge in [0.1, 0.15) is 5.58 Å². The highest BCUT2D eigenvalue weighted by molar-refractivity contribution is 6.31. The number of carbonyl (C=O) groups excluding carboxylic acids is 1. The summed E-state index contributed by atoms with van der Waals surface area (Å²) in [7, 11) is 0. The maximum atomic E-state index is 13.9. The molecule has 0 aliphatic carbocycles. The van der Waals surface area contributed by atoms with Crippen molar-refractivity contribution >= 4 is 34.2 Å². The van der Waals surface area contributed by atoms with E-state index in [0.717, 1.165) is 17.5 Å². The molecule has 37 heavy (non-hydrogen) atoms. The summed E-state index contributed by atoms with van der Waals surface area (Å²) in [4.78, 5) is 29.4. The van der Waals surface area contributed by atoms with Crippen LogP contribution in [0.25, 0.3) is 11.0 Å². The average molecular weight is 518 g/mol. The Morgan fingerprint density at radius 3 is 2.46 bits per heavy atom. The maximum absolute atomic E-state index is 13.9. The number of halogens is 1. The van der Waals surface area contributed by atoms with Gasteiger partial charge in [-0.3, -0.25) is 14.5 Å². The van der Waals surface area contributed by atoms with Crippen LogP contribution in [0.1, 0.15) is 59.1 Å². The van der Waals surface area contributed by atoms with Gasteiger partial charge in [-0.1, -0.05) is 30.7 Å². The minimum absolute atomic E-state index is 0.0346. The van der Waals surface area contributed by atoms with Gasteiger partial charge in [-0.15, -0.1) is 0 Å². The van der Waals surface area contributed by atoms with Crippen molar-refractivity contribution in [3.8, 4) is 11.5 Å². The molecular formula is C30H28ClNO5. The van der Waals surface area contributed by atoms with Gasteiger partial charge in [-0.05, 0) is 86.3 Å². The Hall–Kier alpha value is -3.77. The first-order chi connectivity index (χ1) is 17.8. The number of fused-ring (bicyclic) bond motifs is 2. The molecule has 190 valence electrons. The van der Waals surface area contributed by atoms with Crippen LogP contribution in [-0.2, 0) is 0 Å². The number of anilines is 1. The van der Waals surface area contributed by atoms with Crippen molar-refractivity contribution < 1.29 is 18.7 Å². The number of carbonyl (C=O) groups is 1. The van der Waals surface area contributed by atoms with Crippen LogP contribution in [-0.4, -0.2) is 19.1 Å². The van der Waals surface area contributed by atoms with Crippen molar-refractivity contribution in [2.45, 2.75) is 40.2 Å². The molecule has 7 heteroatoms. The zero-order valence-electron chi connectivity index (χ0n) is 21.3. The summed E-state index contributed by atoms with van der Waals surface area (Å²) < 4.78 is 17.8. The number of ether oxygens (including phenoxy) is 2. The summed E-state index contributed by atoms with van der Waals surface area (Å²) in [6.07, 6.45) is 0.856. The molecule has 1 aromatic heterocycles. The van der Waals surface area contributed by atoms with E-state index in [9.17, 15) is 9.59 Å². The van der Waals surface area contributed by atoms with E-state index >= 15 is 0 Å². The zero-order valence-corrected chi connectivity index (χ0v) is 22.0. The van der Waals surface area contributed by atoms with Crippen LogP contribution < -0.4 is 19.8 Å². The fraction of sp³-hybridized carbons (Fsp3) is 0.267. The Morgan fingerprint density at radius 2 is 1.73 bits per heavy atom. The molecule has 1 amide bonds. The van der Waals surface area contributed by atoms with Crippen LogP contribution in [0.2, 0.25) is 5.02 Å². The Labute approximate surface area is 220 Å². The minimum Gasteiger partial charge on any atom is -0.490 e. The normalized spacial score (nSPS) is 14.8. The number of rotatable bonds is 7. The molecule has 1 unspecified atom stereocenters. The van der Waals surface area contributed by atoms with Gasteiger partial charge < -0.3 is 13.9 Å². The fourth-order valence-electron chi connectivity index (χ4n) is 4.70. The van der Waals surface area contributed by atoms with Crippen molar-refractivity contribution in [3.63, 3.8) is 0 Å². The standard InChI is InChI=1S/C30H28ClNO5/c1-5-13-36-24-11-8-19(15-25(24)35-6-2)27-26-28(33)22-16-20(31)9-12-23(22)37-29(26)30(34)32(27)21-10-7-17(3)18(4)14-21/h7-12,14-16,27H,5-6,13H2,1-4H3. The largest absolute Gasteiger partial charge is 0.490 e. The minimum atomic E-state index is -0.719. The molecule has 0 radical (unpaired) electrons. The molecule has 0 spiro atoms. The third-order valence-corrected chi connectivity index (χ3v) is 6.88. The predicted molar refractivity (Wildman–Crippen MR) is 145 cm³/mol. The summed E-state index contributed by atoms with van der Waals surface area (Å²) in [6.45, 7) is 8.94. The Morgan fingerprint density at radius 1 is 0.919 bits per heavy atom. The Kier molecular flexibility index (Phi) is 6.69. The number of hydrogen-bond acceptors (Lipinski definition) is 5. The van der Waals surface area contributed by atoms with Crippen molar-refractivity contribution in [1.29, 1.82) is 0 Å². The molecule has 0 bridgehead atoms. The topological polar surface area (TPSA) is 69.0 Å². The summed E-state index contributed by atoms with van der Waals surface area (Å²) in [5.41, 5.74) is 3.85. The highest BCUT2D eigenvalue weighted by atomic mass is 35.5. The summed E-state index contributed by atoms with van der Waals surface area (Å²) in [6, 6.07) is 15.5. The van der Waals surface area contributed by atoms with Gasteiger partial charge in [0.05, 0.1) is 30.2 Å². The number of amides is 1. The van der Waals surface area contributed by atoms with Gasteiger partial charge >= 0.3 is 0 Å². The number of benzene rings is 3. The lowest BCUT2D eigenvalue weighted by Gasteiger charge is -2.26. The lowest BCUT2D eigenvalue weighted by molar-refractivity contribution is 0.0971. The van der Waals surface area contributed by atoms with Crippen molar-refractivity contribution in [2.24, 2.45) is 0 Å². The fourth-order valence-corrected chi connectivity index (χ4v) is 4.87. The number of aryl methyl sites for hydroxylation is 2. The Bertz CT molecular complexity index is 1570. The molecule has 6 nitrogen and oxygen atoms in total. The number of nitrogens with zero attached hydrogens (tertiary/aromatic N) is 1. The predicted octanol–water partition coefficient (Wildman–Crippen LogP) is 7.00. The van der Waals surface area contributed by atoms with Crippen LogP contribution in [0.3, 0.4) is 0 Å². The monoisotopic (exact) mass is 517 g/mol. The van der Waals surface area contributed by atoms with Gasteiger partial charge in [0, 0.05) is 10.7 Å². The summed E-state index contributed by atoms with van der Waals surface area (Å²) in [5, 5.41) is 0.751. The molecule has 3 aromatic carbocycles. The molecule has 0 fully saturated rings. The van der Waals surface area contributed by atoms with Gasteiger partial charge in [-0.2, -0.15) is 0 Å². The molecule has 1 aliphatic rings. The van der Waals surface area contributed by atoms with Gasteiger partial charge in [0.25, 0.3) is 5.91 Å². The van der Waals surface area contributed by atoms with Crippen LogP contribution in [0.5, 0.6) is 11.5 Å². The molecule has 1 aliphatic heterocycles. The van der Waals surface area contributed by atoms with Crippen LogP contribution in [0.4, 0.5) is 5.69 Å². The smallest absolute Gasteiger partial charge is 0.295 e. The first-order valence-corrected chi connectivity index (χ1v) is 12.8. The lowest BCUT2D eigenvalue weighted by atomic mass is 9.97. The lowest BCUT2D eigenvalue weighted by Crippen LogP contribution is -2.29. The zero-order chi connectivity index (χ0) is 26.3. The molecule has 0 saturated heterocycles.